The summed E-state index contributed by atoms with van der Waals surface area (Å²) in [5.41, 5.74) is 1.30. The summed E-state index contributed by atoms with van der Waals surface area (Å²) >= 11 is 0. The van der Waals surface area contributed by atoms with E-state index >= 15 is 0 Å². The SMILES string of the molecule is CC(=O)N1CC2(C[C@@H](O)[C@H](N3CCC=C(c4ccco4)C3)C2)C1C(C)C. The molecule has 5 heteroatoms. The van der Waals surface area contributed by atoms with Crippen LogP contribution >= 0.6 is 0 Å². The van der Waals surface area contributed by atoms with Crippen molar-refractivity contribution < 1.29 is 14.3 Å². The largest absolute Gasteiger partial charge is 0.465 e. The molecule has 142 valence electrons. The number of likely N-dealkylation sites (tertiary alicyclic amines) is 1. The third kappa shape index (κ3) is 2.81. The Kier molecular flexibility index (Phi) is 4.48. The molecule has 4 atom stereocenters. The highest BCUT2D eigenvalue weighted by Gasteiger charge is 2.60. The van der Waals surface area contributed by atoms with Crippen molar-refractivity contribution >= 4 is 11.5 Å². The fraction of sp³-hybridized carbons (Fsp3) is 0.667. The second-order valence-corrected chi connectivity index (χ2v) is 8.71. The van der Waals surface area contributed by atoms with Crippen molar-refractivity contribution in [2.45, 2.75) is 58.2 Å². The molecule has 0 radical (unpaired) electrons. The number of carbonyl (C=O) groups excluding carboxylic acids is 1. The van der Waals surface area contributed by atoms with Crippen LogP contribution in [0.4, 0.5) is 0 Å². The van der Waals surface area contributed by atoms with Gasteiger partial charge in [-0.25, -0.2) is 0 Å². The van der Waals surface area contributed by atoms with Crippen LogP contribution in [-0.2, 0) is 4.79 Å². The van der Waals surface area contributed by atoms with Gasteiger partial charge < -0.3 is 14.4 Å². The number of rotatable bonds is 3. The Hall–Kier alpha value is -1.59. The third-order valence-corrected chi connectivity index (χ3v) is 6.65. The maximum atomic E-state index is 12.0. The molecule has 1 spiro atoms. The molecule has 1 saturated carbocycles. The Labute approximate surface area is 155 Å². The Bertz CT molecular complexity index is 696. The van der Waals surface area contributed by atoms with Crippen molar-refractivity contribution in [3.63, 3.8) is 0 Å². The molecule has 5 nitrogen and oxygen atoms in total. The Morgan fingerprint density at radius 1 is 1.38 bits per heavy atom. The van der Waals surface area contributed by atoms with Crippen LogP contribution in [0.2, 0.25) is 0 Å². The van der Waals surface area contributed by atoms with Gasteiger partial charge >= 0.3 is 0 Å². The number of aliphatic hydroxyl groups excluding tert-OH is 1. The van der Waals surface area contributed by atoms with E-state index in [0.29, 0.717) is 5.92 Å². The molecule has 1 N–H and O–H groups in total. The van der Waals surface area contributed by atoms with Gasteiger partial charge in [-0.3, -0.25) is 9.69 Å². The minimum atomic E-state index is -0.318. The highest BCUT2D eigenvalue weighted by molar-refractivity contribution is 5.75. The van der Waals surface area contributed by atoms with Crippen LogP contribution in [0.1, 0.15) is 45.8 Å². The Morgan fingerprint density at radius 3 is 2.85 bits per heavy atom. The lowest BCUT2D eigenvalue weighted by Gasteiger charge is -2.58. The molecule has 1 aromatic rings. The van der Waals surface area contributed by atoms with Gasteiger partial charge in [-0.1, -0.05) is 19.9 Å². The van der Waals surface area contributed by atoms with Crippen LogP contribution in [0.5, 0.6) is 0 Å². The number of nitrogens with zero attached hydrogens (tertiary/aromatic N) is 2. The van der Waals surface area contributed by atoms with Crippen LogP contribution in [0.15, 0.2) is 28.9 Å². The quantitative estimate of drug-likeness (QED) is 0.903. The summed E-state index contributed by atoms with van der Waals surface area (Å²) in [7, 11) is 0. The molecule has 0 aromatic carbocycles. The van der Waals surface area contributed by atoms with Crippen LogP contribution in [0.3, 0.4) is 0 Å². The molecule has 2 aliphatic heterocycles. The zero-order valence-corrected chi connectivity index (χ0v) is 16.0. The van der Waals surface area contributed by atoms with Gasteiger partial charge in [-0.2, -0.15) is 0 Å². The van der Waals surface area contributed by atoms with Gasteiger partial charge in [0, 0.05) is 49.6 Å². The van der Waals surface area contributed by atoms with E-state index < -0.39 is 0 Å². The standard InChI is InChI=1S/C21H30N2O3/c1-14(2)20-21(13-23(20)15(3)24)10-17(18(25)11-21)22-8-4-6-16(12-22)19-7-5-9-26-19/h5-7,9,14,17-18,20,25H,4,8,10-13H2,1-3H3/t17-,18-,20?,21?/m1/s1. The van der Waals surface area contributed by atoms with Crippen LogP contribution in [-0.4, -0.2) is 58.6 Å². The maximum absolute atomic E-state index is 12.0. The number of amides is 1. The summed E-state index contributed by atoms with van der Waals surface area (Å²) in [6, 6.07) is 4.35. The van der Waals surface area contributed by atoms with Crippen molar-refractivity contribution in [1.82, 2.24) is 9.80 Å². The zero-order valence-electron chi connectivity index (χ0n) is 16.0. The number of aliphatic hydroxyl groups is 1. The molecule has 26 heavy (non-hydrogen) atoms. The lowest BCUT2D eigenvalue weighted by Crippen LogP contribution is -2.67. The van der Waals surface area contributed by atoms with Crippen molar-refractivity contribution in [3.05, 3.63) is 30.2 Å². The summed E-state index contributed by atoms with van der Waals surface area (Å²) in [6.45, 7) is 8.65. The first-order valence-electron chi connectivity index (χ1n) is 9.83. The van der Waals surface area contributed by atoms with E-state index in [1.54, 1.807) is 13.2 Å². The lowest BCUT2D eigenvalue weighted by atomic mass is 9.65. The molecule has 2 fully saturated rings. The molecule has 4 rings (SSSR count). The molecule has 1 saturated heterocycles. The fourth-order valence-electron chi connectivity index (χ4n) is 5.74. The van der Waals surface area contributed by atoms with E-state index in [0.717, 1.165) is 44.7 Å². The summed E-state index contributed by atoms with van der Waals surface area (Å²) in [6.07, 6.45) is 6.42. The first kappa shape index (κ1) is 17.8. The first-order chi connectivity index (χ1) is 12.4. The molecule has 1 aromatic heterocycles. The minimum absolute atomic E-state index is 0.0793. The van der Waals surface area contributed by atoms with Gasteiger partial charge in [0.05, 0.1) is 12.4 Å². The van der Waals surface area contributed by atoms with E-state index in [9.17, 15) is 9.90 Å². The van der Waals surface area contributed by atoms with Gasteiger partial charge in [0.25, 0.3) is 0 Å². The van der Waals surface area contributed by atoms with Gasteiger partial charge in [-0.15, -0.1) is 0 Å². The smallest absolute Gasteiger partial charge is 0.219 e. The molecular formula is C21H30N2O3. The van der Waals surface area contributed by atoms with Crippen molar-refractivity contribution in [3.8, 4) is 0 Å². The number of hydrogen-bond donors (Lipinski definition) is 1. The number of carbonyl (C=O) groups is 1. The van der Waals surface area contributed by atoms with Crippen molar-refractivity contribution in [2.75, 3.05) is 19.6 Å². The first-order valence-corrected chi connectivity index (χ1v) is 9.83. The summed E-state index contributed by atoms with van der Waals surface area (Å²) in [5, 5.41) is 10.9. The summed E-state index contributed by atoms with van der Waals surface area (Å²) in [4.78, 5) is 16.4. The zero-order chi connectivity index (χ0) is 18.5. The topological polar surface area (TPSA) is 56.9 Å². The predicted molar refractivity (Wildman–Crippen MR) is 100 cm³/mol. The Morgan fingerprint density at radius 2 is 2.19 bits per heavy atom. The van der Waals surface area contributed by atoms with Crippen LogP contribution in [0.25, 0.3) is 5.57 Å². The molecule has 1 aliphatic carbocycles. The molecule has 1 amide bonds. The van der Waals surface area contributed by atoms with E-state index in [4.69, 9.17) is 4.42 Å². The monoisotopic (exact) mass is 358 g/mol. The molecular weight excluding hydrogens is 328 g/mol. The highest BCUT2D eigenvalue weighted by Crippen LogP contribution is 2.54. The molecule has 3 aliphatic rings. The van der Waals surface area contributed by atoms with Gasteiger partial charge in [0.15, 0.2) is 0 Å². The summed E-state index contributed by atoms with van der Waals surface area (Å²) < 4.78 is 5.57. The van der Waals surface area contributed by atoms with Crippen LogP contribution < -0.4 is 0 Å². The number of furan rings is 1. The lowest BCUT2D eigenvalue weighted by molar-refractivity contribution is -0.158. The Balaban J connectivity index is 1.49. The van der Waals surface area contributed by atoms with E-state index in [-0.39, 0.29) is 29.5 Å². The third-order valence-electron chi connectivity index (χ3n) is 6.65. The van der Waals surface area contributed by atoms with E-state index in [1.165, 1.54) is 5.57 Å². The average Bonchev–Trinajstić information content (AvgIpc) is 3.21. The van der Waals surface area contributed by atoms with Gasteiger partial charge in [0.2, 0.25) is 5.91 Å². The molecule has 0 bridgehead atoms. The maximum Gasteiger partial charge on any atom is 0.219 e. The van der Waals surface area contributed by atoms with Gasteiger partial charge in [0.1, 0.15) is 5.76 Å². The average molecular weight is 358 g/mol. The predicted octanol–water partition coefficient (Wildman–Crippen LogP) is 2.77. The second-order valence-electron chi connectivity index (χ2n) is 8.71. The van der Waals surface area contributed by atoms with Crippen LogP contribution in [0, 0.1) is 11.3 Å². The van der Waals surface area contributed by atoms with Gasteiger partial charge in [-0.05, 0) is 37.3 Å². The van der Waals surface area contributed by atoms with E-state index in [1.807, 2.05) is 17.0 Å². The minimum Gasteiger partial charge on any atom is -0.465 e. The molecule has 2 unspecified atom stereocenters. The number of hydrogen-bond acceptors (Lipinski definition) is 4. The van der Waals surface area contributed by atoms with Crippen molar-refractivity contribution in [2.24, 2.45) is 11.3 Å². The summed E-state index contributed by atoms with van der Waals surface area (Å²) in [5.74, 6) is 1.51. The van der Waals surface area contributed by atoms with Crippen molar-refractivity contribution in [1.29, 1.82) is 0 Å². The molecule has 3 heterocycles. The normalized spacial score (nSPS) is 35.0. The highest BCUT2D eigenvalue weighted by atomic mass is 16.3. The second kappa shape index (κ2) is 6.54. The fourth-order valence-corrected chi connectivity index (χ4v) is 5.74. The van der Waals surface area contributed by atoms with E-state index in [2.05, 4.69) is 24.8 Å².